The van der Waals surface area contributed by atoms with Crippen molar-refractivity contribution in [2.75, 3.05) is 19.7 Å². The van der Waals surface area contributed by atoms with Gasteiger partial charge in [-0.25, -0.2) is 0 Å². The largest absolute Gasteiger partial charge is 0.376 e. The van der Waals surface area contributed by atoms with Crippen molar-refractivity contribution in [3.05, 3.63) is 35.9 Å². The molecule has 0 bridgehead atoms. The van der Waals surface area contributed by atoms with Crippen LogP contribution in [-0.2, 0) is 16.1 Å². The normalized spacial score (nSPS) is 18.1. The highest BCUT2D eigenvalue weighted by Crippen LogP contribution is 2.16. The third kappa shape index (κ3) is 4.62. The van der Waals surface area contributed by atoms with E-state index in [0.29, 0.717) is 26.1 Å². The Labute approximate surface area is 120 Å². The van der Waals surface area contributed by atoms with Gasteiger partial charge in [-0.05, 0) is 31.4 Å². The highest BCUT2D eigenvalue weighted by molar-refractivity contribution is 5.76. The third-order valence-corrected chi connectivity index (χ3v) is 3.61. The lowest BCUT2D eigenvalue weighted by Gasteiger charge is -2.25. The molecule has 0 aliphatic carbocycles. The van der Waals surface area contributed by atoms with Crippen LogP contribution in [0.2, 0.25) is 0 Å². The zero-order valence-electron chi connectivity index (χ0n) is 12.0. The summed E-state index contributed by atoms with van der Waals surface area (Å²) in [5.41, 5.74) is 6.66. The van der Waals surface area contributed by atoms with E-state index in [9.17, 15) is 4.79 Å². The van der Waals surface area contributed by atoms with Gasteiger partial charge in [-0.1, -0.05) is 30.3 Å². The molecular formula is C16H24N2O2. The third-order valence-electron chi connectivity index (χ3n) is 3.61. The van der Waals surface area contributed by atoms with Gasteiger partial charge in [0.15, 0.2) is 0 Å². The topological polar surface area (TPSA) is 55.6 Å². The lowest BCUT2D eigenvalue weighted by Crippen LogP contribution is -2.37. The van der Waals surface area contributed by atoms with Crippen LogP contribution in [0, 0.1) is 0 Å². The smallest absolute Gasteiger partial charge is 0.223 e. The minimum Gasteiger partial charge on any atom is -0.376 e. The van der Waals surface area contributed by atoms with Crippen LogP contribution in [-0.4, -0.2) is 36.6 Å². The van der Waals surface area contributed by atoms with Crippen LogP contribution in [0.4, 0.5) is 0 Å². The lowest BCUT2D eigenvalue weighted by molar-refractivity contribution is -0.133. The predicted octanol–water partition coefficient (Wildman–Crippen LogP) is 1.93. The molecule has 0 radical (unpaired) electrons. The molecule has 1 atom stereocenters. The van der Waals surface area contributed by atoms with Crippen molar-refractivity contribution in [1.29, 1.82) is 0 Å². The van der Waals surface area contributed by atoms with Gasteiger partial charge in [0, 0.05) is 26.1 Å². The standard InChI is InChI=1S/C16H24N2O2/c17-10-4-9-16(19)18(13-15-8-5-11-20-15)12-14-6-2-1-3-7-14/h1-3,6-7,15H,4-5,8-13,17H2. The van der Waals surface area contributed by atoms with Crippen LogP contribution in [0.25, 0.3) is 0 Å². The average Bonchev–Trinajstić information content (AvgIpc) is 2.98. The fourth-order valence-corrected chi connectivity index (χ4v) is 2.50. The highest BCUT2D eigenvalue weighted by atomic mass is 16.5. The Balaban J connectivity index is 1.96. The Hall–Kier alpha value is -1.39. The van der Waals surface area contributed by atoms with Crippen LogP contribution >= 0.6 is 0 Å². The maximum Gasteiger partial charge on any atom is 0.223 e. The molecule has 1 aromatic rings. The number of rotatable bonds is 7. The molecule has 1 heterocycles. The summed E-state index contributed by atoms with van der Waals surface area (Å²) in [6.07, 6.45) is 3.61. The number of hydrogen-bond acceptors (Lipinski definition) is 3. The first-order chi connectivity index (χ1) is 9.79. The van der Waals surface area contributed by atoms with Crippen molar-refractivity contribution in [2.45, 2.75) is 38.3 Å². The quantitative estimate of drug-likeness (QED) is 0.828. The second-order valence-corrected chi connectivity index (χ2v) is 5.29. The van der Waals surface area contributed by atoms with Crippen LogP contribution < -0.4 is 5.73 Å². The summed E-state index contributed by atoms with van der Waals surface area (Å²) in [4.78, 5) is 14.2. The molecule has 0 aromatic heterocycles. The van der Waals surface area contributed by atoms with E-state index < -0.39 is 0 Å². The summed E-state index contributed by atoms with van der Waals surface area (Å²) in [7, 11) is 0. The molecule has 1 unspecified atom stereocenters. The van der Waals surface area contributed by atoms with E-state index in [4.69, 9.17) is 10.5 Å². The van der Waals surface area contributed by atoms with Crippen LogP contribution in [0.5, 0.6) is 0 Å². The minimum absolute atomic E-state index is 0.176. The summed E-state index contributed by atoms with van der Waals surface area (Å²) in [5.74, 6) is 0.176. The summed E-state index contributed by atoms with van der Waals surface area (Å²) in [6, 6.07) is 10.1. The van der Waals surface area contributed by atoms with Gasteiger partial charge in [0.05, 0.1) is 6.10 Å². The van der Waals surface area contributed by atoms with E-state index in [1.807, 2.05) is 23.1 Å². The second kappa shape index (κ2) is 8.02. The number of carbonyl (C=O) groups is 1. The van der Waals surface area contributed by atoms with Gasteiger partial charge in [0.25, 0.3) is 0 Å². The number of benzene rings is 1. The van der Waals surface area contributed by atoms with E-state index in [0.717, 1.165) is 31.4 Å². The monoisotopic (exact) mass is 276 g/mol. The number of carbonyl (C=O) groups excluding carboxylic acids is 1. The molecule has 1 aliphatic rings. The van der Waals surface area contributed by atoms with Gasteiger partial charge in [0.2, 0.25) is 5.91 Å². The molecule has 0 saturated carbocycles. The van der Waals surface area contributed by atoms with E-state index in [-0.39, 0.29) is 12.0 Å². The summed E-state index contributed by atoms with van der Waals surface area (Å²) in [5, 5.41) is 0. The Morgan fingerprint density at radius 2 is 2.15 bits per heavy atom. The van der Waals surface area contributed by atoms with Gasteiger partial charge in [-0.3, -0.25) is 4.79 Å². The molecule has 1 fully saturated rings. The summed E-state index contributed by atoms with van der Waals surface area (Å²) < 4.78 is 5.66. The zero-order valence-corrected chi connectivity index (χ0v) is 12.0. The van der Waals surface area contributed by atoms with Gasteiger partial charge >= 0.3 is 0 Å². The van der Waals surface area contributed by atoms with E-state index >= 15 is 0 Å². The molecule has 4 nitrogen and oxygen atoms in total. The summed E-state index contributed by atoms with van der Waals surface area (Å²) in [6.45, 7) is 2.73. The molecule has 0 spiro atoms. The SMILES string of the molecule is NCCCC(=O)N(Cc1ccccc1)CC1CCCO1. The van der Waals surface area contributed by atoms with Crippen molar-refractivity contribution in [2.24, 2.45) is 5.73 Å². The highest BCUT2D eigenvalue weighted by Gasteiger charge is 2.22. The number of nitrogens with two attached hydrogens (primary N) is 1. The fraction of sp³-hybridized carbons (Fsp3) is 0.562. The van der Waals surface area contributed by atoms with Gasteiger partial charge in [-0.2, -0.15) is 0 Å². The zero-order chi connectivity index (χ0) is 14.2. The van der Waals surface area contributed by atoms with Crippen molar-refractivity contribution >= 4 is 5.91 Å². The first-order valence-electron chi connectivity index (χ1n) is 7.43. The molecule has 1 aliphatic heterocycles. The Bertz CT molecular complexity index is 402. The Morgan fingerprint density at radius 3 is 2.80 bits per heavy atom. The van der Waals surface area contributed by atoms with Gasteiger partial charge in [0.1, 0.15) is 0 Å². The molecule has 20 heavy (non-hydrogen) atoms. The van der Waals surface area contributed by atoms with Crippen molar-refractivity contribution in [1.82, 2.24) is 4.90 Å². The second-order valence-electron chi connectivity index (χ2n) is 5.29. The molecule has 2 rings (SSSR count). The van der Waals surface area contributed by atoms with E-state index in [1.165, 1.54) is 0 Å². The van der Waals surface area contributed by atoms with Crippen molar-refractivity contribution in [3.63, 3.8) is 0 Å². The molecule has 4 heteroatoms. The molecule has 110 valence electrons. The number of amides is 1. The summed E-state index contributed by atoms with van der Waals surface area (Å²) >= 11 is 0. The van der Waals surface area contributed by atoms with Crippen LogP contribution in [0.3, 0.4) is 0 Å². The number of ether oxygens (including phenoxy) is 1. The average molecular weight is 276 g/mol. The van der Waals surface area contributed by atoms with E-state index in [1.54, 1.807) is 0 Å². The maximum atomic E-state index is 12.3. The number of nitrogens with zero attached hydrogens (tertiary/aromatic N) is 1. The molecule has 1 saturated heterocycles. The molecular weight excluding hydrogens is 252 g/mol. The number of hydrogen-bond donors (Lipinski definition) is 1. The van der Waals surface area contributed by atoms with Crippen LogP contribution in [0.15, 0.2) is 30.3 Å². The maximum absolute atomic E-state index is 12.3. The van der Waals surface area contributed by atoms with Crippen molar-refractivity contribution < 1.29 is 9.53 Å². The lowest BCUT2D eigenvalue weighted by atomic mass is 10.1. The minimum atomic E-state index is 0.176. The molecule has 2 N–H and O–H groups in total. The Morgan fingerprint density at radius 1 is 1.35 bits per heavy atom. The Kier molecular flexibility index (Phi) is 6.02. The predicted molar refractivity (Wildman–Crippen MR) is 79.1 cm³/mol. The van der Waals surface area contributed by atoms with Crippen LogP contribution in [0.1, 0.15) is 31.2 Å². The van der Waals surface area contributed by atoms with Gasteiger partial charge < -0.3 is 15.4 Å². The molecule has 1 amide bonds. The fourth-order valence-electron chi connectivity index (χ4n) is 2.50. The first-order valence-corrected chi connectivity index (χ1v) is 7.43. The molecule has 1 aromatic carbocycles. The van der Waals surface area contributed by atoms with Gasteiger partial charge in [-0.15, -0.1) is 0 Å². The van der Waals surface area contributed by atoms with E-state index in [2.05, 4.69) is 12.1 Å². The van der Waals surface area contributed by atoms with Crippen molar-refractivity contribution in [3.8, 4) is 0 Å². The first kappa shape index (κ1) is 15.0.